The number of carbonyl (C=O) groups is 4. The van der Waals surface area contributed by atoms with Gasteiger partial charge in [0.05, 0.1) is 56.1 Å². The van der Waals surface area contributed by atoms with Crippen LogP contribution in [0.25, 0.3) is 0 Å². The molecule has 0 aliphatic heterocycles. The molecule has 0 saturated heterocycles. The molecule has 4 saturated carbocycles. The zero-order valence-corrected chi connectivity index (χ0v) is 43.7. The highest BCUT2D eigenvalue weighted by atomic mass is 16.6. The zero-order chi connectivity index (χ0) is 50.0. The SMILES string of the molecule is C=CC(=O)OCCCCCCOC1CCC(CC(=C)C2CCC(OCCCCCCOC3CCC(OC(=O)C4CCC(OCCCCCCOC(=O)C=C)CC4)CC3C(=O)OCCCCC)CC2)CC1. The van der Waals surface area contributed by atoms with Crippen LogP contribution in [0, 0.1) is 23.7 Å². The lowest BCUT2D eigenvalue weighted by atomic mass is 9.76. The van der Waals surface area contributed by atoms with Crippen molar-refractivity contribution in [3.8, 4) is 0 Å². The van der Waals surface area contributed by atoms with E-state index < -0.39 is 5.92 Å². The van der Waals surface area contributed by atoms with Gasteiger partial charge in [0.15, 0.2) is 0 Å². The summed E-state index contributed by atoms with van der Waals surface area (Å²) >= 11 is 0. The Labute approximate surface area is 423 Å². The van der Waals surface area contributed by atoms with E-state index in [4.69, 9.17) is 37.9 Å². The van der Waals surface area contributed by atoms with Gasteiger partial charge in [-0.25, -0.2) is 9.59 Å². The molecule has 0 aromatic heterocycles. The Morgan fingerprint density at radius 2 is 0.857 bits per heavy atom. The Bertz CT molecular complexity index is 1470. The van der Waals surface area contributed by atoms with E-state index in [1.807, 2.05) is 0 Å². The van der Waals surface area contributed by atoms with Gasteiger partial charge in [0.2, 0.25) is 0 Å². The van der Waals surface area contributed by atoms with Crippen molar-refractivity contribution in [2.75, 3.05) is 46.2 Å². The summed E-state index contributed by atoms with van der Waals surface area (Å²) in [5.74, 6) is -0.282. The Kier molecular flexibility index (Phi) is 31.3. The van der Waals surface area contributed by atoms with Gasteiger partial charge in [0.25, 0.3) is 0 Å². The standard InChI is InChI=1S/C58H96O12/c1-5-8-15-42-69-58(62)53-44-52(70-57(61)48-26-32-51(33-27-48)65-38-18-11-14-21-41-68-56(60)7-3)34-35-54(53)66-39-19-12-9-16-37-64-50-30-24-47(25-31-50)45(4)43-46-22-28-49(29-23-46)63-36-17-10-13-20-40-67-55(59)6-2/h6-7,46-54H,2-5,8-44H2,1H3. The van der Waals surface area contributed by atoms with Crippen LogP contribution in [0.3, 0.4) is 0 Å². The van der Waals surface area contributed by atoms with Gasteiger partial charge in [-0.2, -0.15) is 0 Å². The number of esters is 4. The molecule has 4 aliphatic carbocycles. The third-order valence-corrected chi connectivity index (χ3v) is 15.3. The minimum absolute atomic E-state index is 0.130. The van der Waals surface area contributed by atoms with Crippen molar-refractivity contribution in [3.63, 3.8) is 0 Å². The van der Waals surface area contributed by atoms with Crippen molar-refractivity contribution in [3.05, 3.63) is 37.5 Å². The Balaban J connectivity index is 1.01. The van der Waals surface area contributed by atoms with E-state index >= 15 is 0 Å². The van der Waals surface area contributed by atoms with E-state index in [1.165, 1.54) is 43.4 Å². The van der Waals surface area contributed by atoms with Crippen LogP contribution < -0.4 is 0 Å². The summed E-state index contributed by atoms with van der Waals surface area (Å²) in [7, 11) is 0. The van der Waals surface area contributed by atoms with E-state index in [9.17, 15) is 19.2 Å². The smallest absolute Gasteiger partial charge is 0.330 e. The molecule has 0 N–H and O–H groups in total. The first-order valence-corrected chi connectivity index (χ1v) is 28.3. The van der Waals surface area contributed by atoms with Crippen LogP contribution >= 0.6 is 0 Å². The van der Waals surface area contributed by atoms with Crippen molar-refractivity contribution < 1.29 is 57.1 Å². The number of allylic oxidation sites excluding steroid dienone is 1. The van der Waals surface area contributed by atoms with Gasteiger partial charge < -0.3 is 37.9 Å². The topological polar surface area (TPSA) is 142 Å². The predicted molar refractivity (Wildman–Crippen MR) is 274 cm³/mol. The average molecular weight is 985 g/mol. The van der Waals surface area contributed by atoms with Crippen molar-refractivity contribution in [1.29, 1.82) is 0 Å². The fourth-order valence-corrected chi connectivity index (χ4v) is 10.8. The zero-order valence-electron chi connectivity index (χ0n) is 43.7. The number of ether oxygens (including phenoxy) is 8. The molecule has 0 spiro atoms. The maximum atomic E-state index is 13.4. The molecule has 4 rings (SSSR count). The Morgan fingerprint density at radius 1 is 0.443 bits per heavy atom. The number of carbonyl (C=O) groups excluding carboxylic acids is 4. The van der Waals surface area contributed by atoms with Gasteiger partial charge in [-0.05, 0) is 166 Å². The lowest BCUT2D eigenvalue weighted by molar-refractivity contribution is -0.170. The third kappa shape index (κ3) is 25.1. The highest BCUT2D eigenvalue weighted by Crippen LogP contribution is 2.38. The van der Waals surface area contributed by atoms with Gasteiger partial charge in [-0.15, -0.1) is 0 Å². The molecule has 0 radical (unpaired) electrons. The van der Waals surface area contributed by atoms with Gasteiger partial charge >= 0.3 is 23.9 Å². The second-order valence-electron chi connectivity index (χ2n) is 20.8. The molecular weight excluding hydrogens is 889 g/mol. The first-order valence-electron chi connectivity index (χ1n) is 28.3. The minimum atomic E-state index is -0.428. The highest BCUT2D eigenvalue weighted by molar-refractivity contribution is 5.81. The molecular formula is C58H96O12. The van der Waals surface area contributed by atoms with Crippen molar-refractivity contribution >= 4 is 23.9 Å². The van der Waals surface area contributed by atoms with E-state index in [0.29, 0.717) is 70.4 Å². The maximum Gasteiger partial charge on any atom is 0.330 e. The van der Waals surface area contributed by atoms with E-state index in [1.54, 1.807) is 0 Å². The minimum Gasteiger partial charge on any atom is -0.465 e. The molecule has 4 fully saturated rings. The molecule has 400 valence electrons. The molecule has 4 aliphatic rings. The van der Waals surface area contributed by atoms with E-state index in [2.05, 4.69) is 26.7 Å². The van der Waals surface area contributed by atoms with Gasteiger partial charge in [0.1, 0.15) is 6.10 Å². The summed E-state index contributed by atoms with van der Waals surface area (Å²) in [6.45, 7) is 17.8. The van der Waals surface area contributed by atoms with Crippen LogP contribution in [0.5, 0.6) is 0 Å². The van der Waals surface area contributed by atoms with Crippen LogP contribution in [0.4, 0.5) is 0 Å². The molecule has 3 atom stereocenters. The largest absolute Gasteiger partial charge is 0.465 e. The molecule has 70 heavy (non-hydrogen) atoms. The molecule has 3 unspecified atom stereocenters. The monoisotopic (exact) mass is 985 g/mol. The van der Waals surface area contributed by atoms with Crippen LogP contribution in [0.2, 0.25) is 0 Å². The number of unbranched alkanes of at least 4 members (excludes halogenated alkanes) is 11. The lowest BCUT2D eigenvalue weighted by Gasteiger charge is -2.35. The first-order chi connectivity index (χ1) is 34.2. The molecule has 0 heterocycles. The first kappa shape index (κ1) is 59.5. The predicted octanol–water partition coefficient (Wildman–Crippen LogP) is 12.6. The molecule has 0 amide bonds. The lowest BCUT2D eigenvalue weighted by Crippen LogP contribution is -2.42. The van der Waals surface area contributed by atoms with Crippen LogP contribution in [-0.4, -0.2) is 101 Å². The second-order valence-corrected chi connectivity index (χ2v) is 20.8. The average Bonchev–Trinajstić information content (AvgIpc) is 3.38. The fourth-order valence-electron chi connectivity index (χ4n) is 10.8. The van der Waals surface area contributed by atoms with Crippen molar-refractivity contribution in [2.45, 2.75) is 236 Å². The highest BCUT2D eigenvalue weighted by Gasteiger charge is 2.40. The summed E-state index contributed by atoms with van der Waals surface area (Å²) in [6.07, 6.45) is 33.4. The number of hydrogen-bond donors (Lipinski definition) is 0. The van der Waals surface area contributed by atoms with E-state index in [-0.39, 0.29) is 48.1 Å². The summed E-state index contributed by atoms with van der Waals surface area (Å²) in [4.78, 5) is 49.0. The van der Waals surface area contributed by atoms with Crippen LogP contribution in [-0.2, 0) is 57.1 Å². The second kappa shape index (κ2) is 36.8. The maximum absolute atomic E-state index is 13.4. The van der Waals surface area contributed by atoms with Crippen molar-refractivity contribution in [1.82, 2.24) is 0 Å². The number of rotatable bonds is 37. The molecule has 0 aromatic rings. The van der Waals surface area contributed by atoms with Crippen molar-refractivity contribution in [2.24, 2.45) is 23.7 Å². The molecule has 0 bridgehead atoms. The normalized spacial score (nSPS) is 25.9. The van der Waals surface area contributed by atoms with Crippen LogP contribution in [0.1, 0.15) is 206 Å². The summed E-state index contributed by atoms with van der Waals surface area (Å²) in [5.41, 5.74) is 1.45. The van der Waals surface area contributed by atoms with Crippen LogP contribution in [0.15, 0.2) is 37.5 Å². The van der Waals surface area contributed by atoms with E-state index in [0.717, 1.165) is 173 Å². The summed E-state index contributed by atoms with van der Waals surface area (Å²) in [6, 6.07) is 0. The molecule has 0 aromatic carbocycles. The third-order valence-electron chi connectivity index (χ3n) is 15.3. The fraction of sp³-hybridized carbons (Fsp3) is 0.828. The summed E-state index contributed by atoms with van der Waals surface area (Å²) in [5, 5.41) is 0. The molecule has 12 heteroatoms. The summed E-state index contributed by atoms with van der Waals surface area (Å²) < 4.78 is 47.0. The quantitative estimate of drug-likeness (QED) is 0.0192. The van der Waals surface area contributed by atoms with Gasteiger partial charge in [-0.3, -0.25) is 9.59 Å². The molecule has 12 nitrogen and oxygen atoms in total. The number of hydrogen-bond acceptors (Lipinski definition) is 12. The Morgan fingerprint density at radius 3 is 1.34 bits per heavy atom. The Hall–Kier alpha value is -3.06. The van der Waals surface area contributed by atoms with Gasteiger partial charge in [0, 0.05) is 45.0 Å². The van der Waals surface area contributed by atoms with Gasteiger partial charge in [-0.1, -0.05) is 70.8 Å².